The van der Waals surface area contributed by atoms with E-state index in [0.717, 1.165) is 11.1 Å². The third-order valence-electron chi connectivity index (χ3n) is 2.87. The molecule has 108 valence electrons. The highest BCUT2D eigenvalue weighted by atomic mass is 35.5. The van der Waals surface area contributed by atoms with Crippen molar-refractivity contribution in [1.29, 1.82) is 5.26 Å². The Kier molecular flexibility index (Phi) is 5.56. The van der Waals surface area contributed by atoms with Gasteiger partial charge in [-0.05, 0) is 35.4 Å². The number of nitrogens with zero attached hydrogens (tertiary/aromatic N) is 1. The molecule has 21 heavy (non-hydrogen) atoms. The van der Waals surface area contributed by atoms with Gasteiger partial charge in [0.1, 0.15) is 17.6 Å². The van der Waals surface area contributed by atoms with Gasteiger partial charge in [0.05, 0.1) is 5.02 Å². The lowest BCUT2D eigenvalue weighted by atomic mass is 10.2. The van der Waals surface area contributed by atoms with E-state index in [1.54, 1.807) is 12.1 Å². The van der Waals surface area contributed by atoms with Gasteiger partial charge in [0.25, 0.3) is 0 Å². The van der Waals surface area contributed by atoms with Gasteiger partial charge in [-0.3, -0.25) is 0 Å². The first-order chi connectivity index (χ1) is 10.2. The van der Waals surface area contributed by atoms with Crippen LogP contribution in [0.4, 0.5) is 4.39 Å². The van der Waals surface area contributed by atoms with Crippen molar-refractivity contribution in [2.45, 2.75) is 13.1 Å². The molecule has 0 saturated heterocycles. The van der Waals surface area contributed by atoms with Gasteiger partial charge in [-0.2, -0.15) is 5.26 Å². The van der Waals surface area contributed by atoms with Crippen LogP contribution in [0, 0.1) is 17.1 Å². The summed E-state index contributed by atoms with van der Waals surface area (Å²) in [5.41, 5.74) is 2.02. The molecule has 2 rings (SSSR count). The Morgan fingerprint density at radius 2 is 1.76 bits per heavy atom. The van der Waals surface area contributed by atoms with Crippen molar-refractivity contribution in [1.82, 2.24) is 5.32 Å². The monoisotopic (exact) mass is 304 g/mol. The van der Waals surface area contributed by atoms with Gasteiger partial charge in [0, 0.05) is 13.1 Å². The molecular weight excluding hydrogens is 291 g/mol. The Morgan fingerprint density at radius 3 is 2.43 bits per heavy atom. The number of halogens is 2. The Bertz CT molecular complexity index is 638. The molecule has 0 aliphatic heterocycles. The molecule has 2 aromatic rings. The van der Waals surface area contributed by atoms with Crippen LogP contribution in [0.2, 0.25) is 5.02 Å². The van der Waals surface area contributed by atoms with E-state index in [0.29, 0.717) is 18.8 Å². The fraction of sp³-hybridized carbons (Fsp3) is 0.188. The summed E-state index contributed by atoms with van der Waals surface area (Å²) in [6.45, 7) is 1.32. The maximum absolute atomic E-state index is 13.0. The summed E-state index contributed by atoms with van der Waals surface area (Å²) in [5, 5.41) is 11.8. The number of ether oxygens (including phenoxy) is 1. The molecule has 0 atom stereocenters. The van der Waals surface area contributed by atoms with Crippen molar-refractivity contribution in [3.63, 3.8) is 0 Å². The van der Waals surface area contributed by atoms with E-state index in [1.165, 1.54) is 6.07 Å². The lowest BCUT2D eigenvalue weighted by Crippen LogP contribution is -2.12. The van der Waals surface area contributed by atoms with E-state index in [-0.39, 0.29) is 11.6 Å². The average molecular weight is 305 g/mol. The van der Waals surface area contributed by atoms with Crippen LogP contribution in [-0.4, -0.2) is 6.61 Å². The van der Waals surface area contributed by atoms with E-state index in [2.05, 4.69) is 5.32 Å². The maximum atomic E-state index is 13.0. The summed E-state index contributed by atoms with van der Waals surface area (Å²) in [7, 11) is 0. The van der Waals surface area contributed by atoms with Crippen molar-refractivity contribution in [2.24, 2.45) is 0 Å². The quantitative estimate of drug-likeness (QED) is 0.885. The SMILES string of the molecule is N#CCOc1ccc(CNCc2ccc(F)c(Cl)c2)cc1. The van der Waals surface area contributed by atoms with Gasteiger partial charge in [-0.25, -0.2) is 4.39 Å². The highest BCUT2D eigenvalue weighted by Crippen LogP contribution is 2.16. The second-order valence-electron chi connectivity index (χ2n) is 4.44. The van der Waals surface area contributed by atoms with Crippen LogP contribution in [0.15, 0.2) is 42.5 Å². The van der Waals surface area contributed by atoms with Crippen LogP contribution < -0.4 is 10.1 Å². The smallest absolute Gasteiger partial charge is 0.174 e. The lowest BCUT2D eigenvalue weighted by Gasteiger charge is -2.07. The van der Waals surface area contributed by atoms with Gasteiger partial charge in [0.15, 0.2) is 6.61 Å². The van der Waals surface area contributed by atoms with Crippen molar-refractivity contribution in [3.05, 3.63) is 64.4 Å². The van der Waals surface area contributed by atoms with E-state index in [4.69, 9.17) is 21.6 Å². The van der Waals surface area contributed by atoms with Crippen LogP contribution in [0.5, 0.6) is 5.75 Å². The normalized spacial score (nSPS) is 10.1. The largest absolute Gasteiger partial charge is 0.479 e. The first-order valence-corrected chi connectivity index (χ1v) is 6.80. The summed E-state index contributed by atoms with van der Waals surface area (Å²) in [6, 6.07) is 14.1. The zero-order valence-corrected chi connectivity index (χ0v) is 12.0. The van der Waals surface area contributed by atoms with E-state index in [9.17, 15) is 4.39 Å². The van der Waals surface area contributed by atoms with Crippen molar-refractivity contribution in [2.75, 3.05) is 6.61 Å². The zero-order valence-electron chi connectivity index (χ0n) is 11.3. The van der Waals surface area contributed by atoms with Crippen molar-refractivity contribution < 1.29 is 9.13 Å². The molecule has 1 N–H and O–H groups in total. The summed E-state index contributed by atoms with van der Waals surface area (Å²) in [5.74, 6) is 0.263. The summed E-state index contributed by atoms with van der Waals surface area (Å²) < 4.78 is 18.2. The minimum absolute atomic E-state index is 0.0446. The molecule has 0 aliphatic carbocycles. The number of rotatable bonds is 6. The molecular formula is C16H14ClFN2O. The topological polar surface area (TPSA) is 45.0 Å². The molecule has 0 spiro atoms. The molecule has 0 fully saturated rings. The van der Waals surface area contributed by atoms with E-state index >= 15 is 0 Å². The average Bonchev–Trinajstić information content (AvgIpc) is 2.50. The number of nitrogens with one attached hydrogen (secondary N) is 1. The van der Waals surface area contributed by atoms with Gasteiger partial charge >= 0.3 is 0 Å². The Hall–Kier alpha value is -2.09. The van der Waals surface area contributed by atoms with E-state index < -0.39 is 5.82 Å². The zero-order chi connectivity index (χ0) is 15.1. The Morgan fingerprint density at radius 1 is 1.10 bits per heavy atom. The molecule has 0 aromatic heterocycles. The predicted molar refractivity (Wildman–Crippen MR) is 79.5 cm³/mol. The summed E-state index contributed by atoms with van der Waals surface area (Å²) in [4.78, 5) is 0. The Labute approximate surface area is 127 Å². The maximum Gasteiger partial charge on any atom is 0.174 e. The van der Waals surface area contributed by atoms with Gasteiger partial charge in [-0.15, -0.1) is 0 Å². The molecule has 2 aromatic carbocycles. The third-order valence-corrected chi connectivity index (χ3v) is 3.16. The minimum atomic E-state index is -0.409. The van der Waals surface area contributed by atoms with Crippen LogP contribution >= 0.6 is 11.6 Å². The third kappa shape index (κ3) is 4.75. The first-order valence-electron chi connectivity index (χ1n) is 6.42. The molecule has 0 bridgehead atoms. The molecule has 3 nitrogen and oxygen atoms in total. The predicted octanol–water partition coefficient (Wildman–Crippen LogP) is 3.67. The molecule has 0 amide bonds. The lowest BCUT2D eigenvalue weighted by molar-refractivity contribution is 0.368. The Balaban J connectivity index is 1.83. The van der Waals surface area contributed by atoms with Crippen LogP contribution in [0.25, 0.3) is 0 Å². The number of nitriles is 1. The fourth-order valence-corrected chi connectivity index (χ4v) is 2.02. The van der Waals surface area contributed by atoms with Crippen LogP contribution in [-0.2, 0) is 13.1 Å². The summed E-state index contributed by atoms with van der Waals surface area (Å²) in [6.07, 6.45) is 0. The first kappa shape index (κ1) is 15.3. The van der Waals surface area contributed by atoms with Crippen molar-refractivity contribution in [3.8, 4) is 11.8 Å². The molecule has 5 heteroatoms. The molecule has 0 unspecified atom stereocenters. The van der Waals surface area contributed by atoms with Crippen molar-refractivity contribution >= 4 is 11.6 Å². The second kappa shape index (κ2) is 7.63. The molecule has 0 heterocycles. The van der Waals surface area contributed by atoms with E-state index in [1.807, 2.05) is 30.3 Å². The second-order valence-corrected chi connectivity index (χ2v) is 4.85. The minimum Gasteiger partial charge on any atom is -0.479 e. The van der Waals surface area contributed by atoms with Gasteiger partial charge < -0.3 is 10.1 Å². The van der Waals surface area contributed by atoms with Crippen LogP contribution in [0.1, 0.15) is 11.1 Å². The highest BCUT2D eigenvalue weighted by molar-refractivity contribution is 6.30. The van der Waals surface area contributed by atoms with Crippen LogP contribution in [0.3, 0.4) is 0 Å². The summed E-state index contributed by atoms with van der Waals surface area (Å²) >= 11 is 5.73. The number of hydrogen-bond acceptors (Lipinski definition) is 3. The van der Waals surface area contributed by atoms with Gasteiger partial charge in [-0.1, -0.05) is 29.8 Å². The number of hydrogen-bond donors (Lipinski definition) is 1. The van der Waals surface area contributed by atoms with Gasteiger partial charge in [0.2, 0.25) is 0 Å². The standard InChI is InChI=1S/C16H14ClFN2O/c17-15-9-13(3-6-16(15)18)11-20-10-12-1-4-14(5-2-12)21-8-7-19/h1-6,9,20H,8,10-11H2. The molecule has 0 aliphatic rings. The molecule has 0 radical (unpaired) electrons. The highest BCUT2D eigenvalue weighted by Gasteiger charge is 2.01. The fourth-order valence-electron chi connectivity index (χ4n) is 1.82. The number of benzene rings is 2. The molecule has 0 saturated carbocycles.